The van der Waals surface area contributed by atoms with E-state index in [0.717, 1.165) is 55.2 Å². The molecule has 4 rings (SSSR count). The van der Waals surface area contributed by atoms with Crippen LogP contribution in [-0.4, -0.2) is 61.3 Å². The van der Waals surface area contributed by atoms with Gasteiger partial charge in [-0.2, -0.15) is 0 Å². The molecule has 0 atom stereocenters. The number of ether oxygens (including phenoxy) is 1. The fourth-order valence-electron chi connectivity index (χ4n) is 3.75. The van der Waals surface area contributed by atoms with E-state index < -0.39 is 0 Å². The first-order valence-corrected chi connectivity index (χ1v) is 10.6. The quantitative estimate of drug-likeness (QED) is 0.559. The van der Waals surface area contributed by atoms with Crippen LogP contribution in [0.3, 0.4) is 0 Å². The summed E-state index contributed by atoms with van der Waals surface area (Å²) in [5.74, 6) is 2.24. The zero-order valence-corrected chi connectivity index (χ0v) is 17.9. The normalized spacial score (nSPS) is 15.2. The average molecular weight is 425 g/mol. The molecule has 31 heavy (non-hydrogen) atoms. The average Bonchev–Trinajstić information content (AvgIpc) is 3.21. The molecule has 10 heteroatoms. The van der Waals surface area contributed by atoms with E-state index in [2.05, 4.69) is 35.7 Å². The van der Waals surface area contributed by atoms with E-state index in [1.54, 1.807) is 13.2 Å². The van der Waals surface area contributed by atoms with E-state index in [0.29, 0.717) is 19.0 Å². The van der Waals surface area contributed by atoms with Crippen LogP contribution in [0.25, 0.3) is 0 Å². The second-order valence-electron chi connectivity index (χ2n) is 7.73. The van der Waals surface area contributed by atoms with Gasteiger partial charge in [-0.3, -0.25) is 14.7 Å². The van der Waals surface area contributed by atoms with E-state index in [1.165, 1.54) is 0 Å². The SMILES string of the molecule is CCc1cc(=O)[nH]c(NC2CCN(Cc3nnnn3Cc3ccc(OC)cc3)CC2)n1. The summed E-state index contributed by atoms with van der Waals surface area (Å²) in [6.07, 6.45) is 2.66. The maximum Gasteiger partial charge on any atom is 0.252 e. The summed E-state index contributed by atoms with van der Waals surface area (Å²) in [5.41, 5.74) is 1.80. The van der Waals surface area contributed by atoms with Crippen LogP contribution in [-0.2, 0) is 19.5 Å². The molecule has 0 amide bonds. The maximum absolute atomic E-state index is 11.8. The lowest BCUT2D eigenvalue weighted by atomic mass is 10.1. The molecule has 0 saturated carbocycles. The smallest absolute Gasteiger partial charge is 0.252 e. The van der Waals surface area contributed by atoms with Crippen LogP contribution in [0.15, 0.2) is 35.1 Å². The van der Waals surface area contributed by atoms with Gasteiger partial charge in [0, 0.05) is 30.9 Å². The molecule has 1 saturated heterocycles. The Bertz CT molecular complexity index is 1040. The highest BCUT2D eigenvalue weighted by molar-refractivity contribution is 5.28. The highest BCUT2D eigenvalue weighted by Gasteiger charge is 2.21. The minimum absolute atomic E-state index is 0.115. The van der Waals surface area contributed by atoms with Crippen LogP contribution >= 0.6 is 0 Å². The van der Waals surface area contributed by atoms with Crippen molar-refractivity contribution in [3.05, 3.63) is 57.8 Å². The summed E-state index contributed by atoms with van der Waals surface area (Å²) in [6.45, 7) is 5.16. The first kappa shape index (κ1) is 21.0. The summed E-state index contributed by atoms with van der Waals surface area (Å²) in [7, 11) is 1.66. The van der Waals surface area contributed by atoms with Crippen molar-refractivity contribution in [2.45, 2.75) is 45.3 Å². The van der Waals surface area contributed by atoms with Crippen molar-refractivity contribution in [1.29, 1.82) is 0 Å². The van der Waals surface area contributed by atoms with Crippen molar-refractivity contribution in [2.24, 2.45) is 0 Å². The van der Waals surface area contributed by atoms with Crippen LogP contribution in [0.5, 0.6) is 5.75 Å². The molecule has 1 fully saturated rings. The first-order chi connectivity index (χ1) is 15.1. The van der Waals surface area contributed by atoms with Gasteiger partial charge in [-0.15, -0.1) is 5.10 Å². The standard InChI is InChI=1S/C21H28N8O2/c1-3-16-12-20(30)24-21(22-16)23-17-8-10-28(11-9-17)14-19-25-26-27-29(19)13-15-4-6-18(31-2)7-5-15/h4-7,12,17H,3,8-11,13-14H2,1-2H3,(H2,22,23,24,30). The fraction of sp³-hybridized carbons (Fsp3) is 0.476. The number of methoxy groups -OCH3 is 1. The van der Waals surface area contributed by atoms with Gasteiger partial charge in [0.15, 0.2) is 5.82 Å². The van der Waals surface area contributed by atoms with Gasteiger partial charge in [0.1, 0.15) is 5.75 Å². The van der Waals surface area contributed by atoms with Gasteiger partial charge >= 0.3 is 0 Å². The number of anilines is 1. The maximum atomic E-state index is 11.8. The highest BCUT2D eigenvalue weighted by atomic mass is 16.5. The molecule has 1 aliphatic heterocycles. The fourth-order valence-corrected chi connectivity index (χ4v) is 3.75. The highest BCUT2D eigenvalue weighted by Crippen LogP contribution is 2.17. The molecule has 10 nitrogen and oxygen atoms in total. The number of tetrazole rings is 1. The monoisotopic (exact) mass is 424 g/mol. The molecule has 0 aliphatic carbocycles. The van der Waals surface area contributed by atoms with Crippen LogP contribution in [0.4, 0.5) is 5.95 Å². The number of nitrogens with one attached hydrogen (secondary N) is 2. The number of aromatic nitrogens is 6. The zero-order chi connectivity index (χ0) is 21.6. The third-order valence-electron chi connectivity index (χ3n) is 5.55. The molecule has 0 radical (unpaired) electrons. The predicted molar refractivity (Wildman–Crippen MR) is 116 cm³/mol. The largest absolute Gasteiger partial charge is 0.497 e. The molecular weight excluding hydrogens is 396 g/mol. The lowest BCUT2D eigenvalue weighted by Crippen LogP contribution is -2.39. The second kappa shape index (κ2) is 9.69. The van der Waals surface area contributed by atoms with Crippen molar-refractivity contribution in [1.82, 2.24) is 35.1 Å². The number of rotatable bonds is 8. The number of nitrogens with zero attached hydrogens (tertiary/aromatic N) is 6. The van der Waals surface area contributed by atoms with E-state index in [-0.39, 0.29) is 11.6 Å². The Labute approximate surface area is 180 Å². The van der Waals surface area contributed by atoms with Gasteiger partial charge in [-0.05, 0) is 47.4 Å². The number of piperidine rings is 1. The van der Waals surface area contributed by atoms with E-state index >= 15 is 0 Å². The lowest BCUT2D eigenvalue weighted by Gasteiger charge is -2.32. The van der Waals surface area contributed by atoms with Crippen LogP contribution < -0.4 is 15.6 Å². The van der Waals surface area contributed by atoms with Crippen LogP contribution in [0.2, 0.25) is 0 Å². The third kappa shape index (κ3) is 5.46. The first-order valence-electron chi connectivity index (χ1n) is 10.6. The van der Waals surface area contributed by atoms with Crippen molar-refractivity contribution >= 4 is 5.95 Å². The van der Waals surface area contributed by atoms with Gasteiger partial charge in [-0.25, -0.2) is 9.67 Å². The summed E-state index contributed by atoms with van der Waals surface area (Å²) in [4.78, 5) is 21.4. The van der Waals surface area contributed by atoms with Gasteiger partial charge < -0.3 is 10.1 Å². The lowest BCUT2D eigenvalue weighted by molar-refractivity contribution is 0.203. The topological polar surface area (TPSA) is 114 Å². The molecule has 0 bridgehead atoms. The summed E-state index contributed by atoms with van der Waals surface area (Å²) >= 11 is 0. The van der Waals surface area contributed by atoms with Gasteiger partial charge in [0.25, 0.3) is 5.56 Å². The predicted octanol–water partition coefficient (Wildman–Crippen LogP) is 1.45. The molecule has 3 aromatic rings. The molecule has 2 aromatic heterocycles. The number of aromatic amines is 1. The minimum atomic E-state index is -0.115. The molecule has 0 spiro atoms. The van der Waals surface area contributed by atoms with Crippen LogP contribution in [0, 0.1) is 0 Å². The number of H-pyrrole nitrogens is 1. The Morgan fingerprint density at radius 1 is 1.19 bits per heavy atom. The number of benzene rings is 1. The second-order valence-corrected chi connectivity index (χ2v) is 7.73. The van der Waals surface area contributed by atoms with Crippen molar-refractivity contribution < 1.29 is 4.74 Å². The Balaban J connectivity index is 1.31. The van der Waals surface area contributed by atoms with E-state index in [4.69, 9.17) is 4.74 Å². The molecule has 1 aliphatic rings. The Morgan fingerprint density at radius 3 is 2.68 bits per heavy atom. The minimum Gasteiger partial charge on any atom is -0.497 e. The molecular formula is C21H28N8O2. The van der Waals surface area contributed by atoms with Crippen molar-refractivity contribution in [2.75, 3.05) is 25.5 Å². The van der Waals surface area contributed by atoms with Crippen molar-refractivity contribution in [3.8, 4) is 5.75 Å². The summed E-state index contributed by atoms with van der Waals surface area (Å²) < 4.78 is 7.06. The van der Waals surface area contributed by atoms with E-state index in [9.17, 15) is 4.79 Å². The molecule has 3 heterocycles. The van der Waals surface area contributed by atoms with Gasteiger partial charge in [0.2, 0.25) is 5.95 Å². The summed E-state index contributed by atoms with van der Waals surface area (Å²) in [6, 6.07) is 9.75. The number of aryl methyl sites for hydroxylation is 1. The Kier molecular flexibility index (Phi) is 6.56. The van der Waals surface area contributed by atoms with Crippen molar-refractivity contribution in [3.63, 3.8) is 0 Å². The summed E-state index contributed by atoms with van der Waals surface area (Å²) in [5, 5.41) is 15.6. The number of likely N-dealkylation sites (tertiary alicyclic amines) is 1. The Hall–Kier alpha value is -3.27. The molecule has 2 N–H and O–H groups in total. The molecule has 1 aromatic carbocycles. The third-order valence-corrected chi connectivity index (χ3v) is 5.55. The zero-order valence-electron chi connectivity index (χ0n) is 17.9. The van der Waals surface area contributed by atoms with Gasteiger partial charge in [-0.1, -0.05) is 19.1 Å². The van der Waals surface area contributed by atoms with Gasteiger partial charge in [0.05, 0.1) is 20.2 Å². The molecule has 164 valence electrons. The number of hydrogen-bond donors (Lipinski definition) is 2. The molecule has 0 unspecified atom stereocenters. The van der Waals surface area contributed by atoms with Crippen LogP contribution in [0.1, 0.15) is 36.8 Å². The van der Waals surface area contributed by atoms with E-state index in [1.807, 2.05) is 35.9 Å². The number of hydrogen-bond acceptors (Lipinski definition) is 8. The Morgan fingerprint density at radius 2 is 1.97 bits per heavy atom.